The van der Waals surface area contributed by atoms with Gasteiger partial charge in [-0.3, -0.25) is 9.36 Å². The van der Waals surface area contributed by atoms with Crippen molar-refractivity contribution in [2.24, 2.45) is 0 Å². The first kappa shape index (κ1) is 20.8. The number of alkyl halides is 8. The smallest absolute Gasteiger partial charge is 0.269 e. The average molecular weight is 462 g/mol. The van der Waals surface area contributed by atoms with Crippen molar-refractivity contribution in [3.05, 3.63) is 56.2 Å². The minimum atomic E-state index is -6.01. The summed E-state index contributed by atoms with van der Waals surface area (Å²) in [5.74, 6) is -5.42. The van der Waals surface area contributed by atoms with Crippen molar-refractivity contribution in [2.45, 2.75) is 18.3 Å². The van der Waals surface area contributed by atoms with Crippen molar-refractivity contribution in [1.82, 2.24) is 9.55 Å². The topological polar surface area (TPSA) is 58.7 Å². The molecule has 0 unspecified atom stereocenters. The Balaban J connectivity index is 2.68. The van der Waals surface area contributed by atoms with Crippen molar-refractivity contribution >= 4 is 15.9 Å². The fraction of sp³-hybridized carbons (Fsp3) is 0.214. The molecule has 1 heterocycles. The number of halogens is 9. The highest BCUT2D eigenvalue weighted by Gasteiger charge is 2.60. The highest BCUT2D eigenvalue weighted by atomic mass is 79.9. The minimum Gasteiger partial charge on any atom is -0.269 e. The minimum absolute atomic E-state index is 0.112. The summed E-state index contributed by atoms with van der Waals surface area (Å²) in [6.07, 6.45) is -10.6. The van der Waals surface area contributed by atoms with Gasteiger partial charge in [0.25, 0.3) is 5.56 Å². The molecule has 0 bridgehead atoms. The number of hydrogen-bond donors (Lipinski definition) is 0. The van der Waals surface area contributed by atoms with Crippen LogP contribution in [0.1, 0.15) is 16.8 Å². The van der Waals surface area contributed by atoms with Crippen molar-refractivity contribution in [3.63, 3.8) is 0 Å². The van der Waals surface area contributed by atoms with Gasteiger partial charge in [-0.1, -0.05) is 0 Å². The number of nitrogens with zero attached hydrogens (tertiary/aromatic N) is 3. The number of rotatable bonds is 2. The van der Waals surface area contributed by atoms with Crippen molar-refractivity contribution in [2.75, 3.05) is 0 Å². The summed E-state index contributed by atoms with van der Waals surface area (Å²) < 4.78 is 102. The Morgan fingerprint density at radius 1 is 1.04 bits per heavy atom. The summed E-state index contributed by atoms with van der Waals surface area (Å²) >= 11 is 2.73. The van der Waals surface area contributed by atoms with Gasteiger partial charge in [0.1, 0.15) is 18.1 Å². The van der Waals surface area contributed by atoms with Crippen LogP contribution in [0.25, 0.3) is 5.69 Å². The number of aromatic nitrogens is 2. The first-order valence-corrected chi connectivity index (χ1v) is 7.34. The first-order chi connectivity index (χ1) is 12.2. The molecule has 0 amide bonds. The van der Waals surface area contributed by atoms with Crippen LogP contribution in [0.15, 0.2) is 33.8 Å². The van der Waals surface area contributed by atoms with Crippen LogP contribution in [0.3, 0.4) is 0 Å². The second kappa shape index (κ2) is 6.59. The molecule has 2 aromatic rings. The van der Waals surface area contributed by atoms with Crippen LogP contribution < -0.4 is 5.56 Å². The van der Waals surface area contributed by atoms with Crippen molar-refractivity contribution in [1.29, 1.82) is 5.26 Å². The number of benzene rings is 1. The second-order valence-corrected chi connectivity index (χ2v) is 5.87. The Kier molecular flexibility index (Phi) is 5.08. The molecular weight excluding hydrogens is 458 g/mol. The molecule has 27 heavy (non-hydrogen) atoms. The summed E-state index contributed by atoms with van der Waals surface area (Å²) in [6.45, 7) is 0. The van der Waals surface area contributed by atoms with Gasteiger partial charge in [0, 0.05) is 10.5 Å². The van der Waals surface area contributed by atoms with E-state index in [1.54, 1.807) is 0 Å². The molecule has 0 aliphatic heterocycles. The van der Waals surface area contributed by atoms with Crippen LogP contribution in [0.4, 0.5) is 35.1 Å². The zero-order chi connectivity index (χ0) is 20.8. The van der Waals surface area contributed by atoms with Crippen LogP contribution in [0, 0.1) is 11.3 Å². The fourth-order valence-corrected chi connectivity index (χ4v) is 2.63. The summed E-state index contributed by atoms with van der Waals surface area (Å²) in [5.41, 5.74) is -5.77. The maximum absolute atomic E-state index is 13.3. The van der Waals surface area contributed by atoms with Gasteiger partial charge in [-0.2, -0.15) is 40.4 Å². The van der Waals surface area contributed by atoms with Gasteiger partial charge < -0.3 is 0 Å². The van der Waals surface area contributed by atoms with Crippen LogP contribution in [0.5, 0.6) is 0 Å². The molecule has 0 fully saturated rings. The summed E-state index contributed by atoms with van der Waals surface area (Å²) in [6, 6.07) is 2.19. The largest absolute Gasteiger partial charge is 0.459 e. The van der Waals surface area contributed by atoms with Gasteiger partial charge >= 0.3 is 18.3 Å². The second-order valence-electron chi connectivity index (χ2n) is 5.02. The van der Waals surface area contributed by atoms with E-state index in [1.807, 2.05) is 0 Å². The molecule has 0 spiro atoms. The van der Waals surface area contributed by atoms with Crippen molar-refractivity contribution < 1.29 is 35.1 Å². The average Bonchev–Trinajstić information content (AvgIpc) is 2.52. The van der Waals surface area contributed by atoms with Crippen LogP contribution in [0.2, 0.25) is 0 Å². The summed E-state index contributed by atoms with van der Waals surface area (Å²) in [5, 5.41) is 9.03. The van der Waals surface area contributed by atoms with E-state index < -0.39 is 50.8 Å². The highest BCUT2D eigenvalue weighted by molar-refractivity contribution is 9.10. The normalized spacial score (nSPS) is 12.7. The quantitative estimate of drug-likeness (QED) is 0.617. The molecule has 4 nitrogen and oxygen atoms in total. The Morgan fingerprint density at radius 3 is 2.07 bits per heavy atom. The zero-order valence-corrected chi connectivity index (χ0v) is 14.0. The van der Waals surface area contributed by atoms with E-state index in [0.29, 0.717) is 16.7 Å². The maximum atomic E-state index is 13.3. The molecule has 0 aliphatic rings. The molecular formula is C14H4BrF8N3O. The fourth-order valence-electron chi connectivity index (χ4n) is 1.98. The predicted octanol–water partition coefficient (Wildman–Crippen LogP) is 4.54. The molecule has 0 aliphatic carbocycles. The Labute approximate surface area is 152 Å². The molecule has 2 rings (SSSR count). The molecule has 0 N–H and O–H groups in total. The monoisotopic (exact) mass is 461 g/mol. The molecule has 1 aromatic carbocycles. The lowest BCUT2D eigenvalue weighted by molar-refractivity contribution is -0.291. The lowest BCUT2D eigenvalue weighted by Gasteiger charge is -2.19. The number of hydrogen-bond acceptors (Lipinski definition) is 3. The van der Waals surface area contributed by atoms with Crippen LogP contribution >= 0.6 is 15.9 Å². The van der Waals surface area contributed by atoms with Gasteiger partial charge in [-0.25, -0.2) is 4.98 Å². The lowest BCUT2D eigenvalue weighted by Crippen LogP contribution is -2.36. The molecule has 13 heteroatoms. The maximum Gasteiger partial charge on any atom is 0.459 e. The van der Waals surface area contributed by atoms with E-state index in [0.717, 1.165) is 0 Å². The van der Waals surface area contributed by atoms with Gasteiger partial charge in [-0.05, 0) is 28.1 Å². The molecule has 144 valence electrons. The Hall–Kier alpha value is -2.49. The highest BCUT2D eigenvalue weighted by Crippen LogP contribution is 2.42. The Morgan fingerprint density at radius 2 is 1.63 bits per heavy atom. The van der Waals surface area contributed by atoms with Gasteiger partial charge in [0.2, 0.25) is 0 Å². The van der Waals surface area contributed by atoms with E-state index in [-0.39, 0.29) is 12.4 Å². The standard InChI is InChI=1S/C14H4BrF8N3O/c15-8-2-7(13(18,19)20)1-6(4-24)11(8)26-5-25-9(3-10(26)27)12(16,17)14(21,22)23/h1-3,5H. The third-order valence-electron chi connectivity index (χ3n) is 3.24. The summed E-state index contributed by atoms with van der Waals surface area (Å²) in [4.78, 5) is 14.9. The molecule has 1 aromatic heterocycles. The Bertz CT molecular complexity index is 988. The third-order valence-corrected chi connectivity index (χ3v) is 3.84. The molecule has 0 saturated heterocycles. The van der Waals surface area contributed by atoms with E-state index in [4.69, 9.17) is 5.26 Å². The number of nitriles is 1. The zero-order valence-electron chi connectivity index (χ0n) is 12.5. The van der Waals surface area contributed by atoms with E-state index in [1.165, 1.54) is 6.07 Å². The van der Waals surface area contributed by atoms with Crippen LogP contribution in [-0.2, 0) is 12.1 Å². The molecule has 0 atom stereocenters. The van der Waals surface area contributed by atoms with E-state index >= 15 is 0 Å². The predicted molar refractivity (Wildman–Crippen MR) is 77.2 cm³/mol. The van der Waals surface area contributed by atoms with Gasteiger partial charge in [0.15, 0.2) is 0 Å². The first-order valence-electron chi connectivity index (χ1n) is 6.55. The van der Waals surface area contributed by atoms with Crippen molar-refractivity contribution in [3.8, 4) is 11.8 Å². The summed E-state index contributed by atoms with van der Waals surface area (Å²) in [7, 11) is 0. The van der Waals surface area contributed by atoms with E-state index in [9.17, 15) is 39.9 Å². The molecule has 0 saturated carbocycles. The van der Waals surface area contributed by atoms with Gasteiger partial charge in [-0.15, -0.1) is 0 Å². The SMILES string of the molecule is N#Cc1cc(C(F)(F)F)cc(Br)c1-n1cnc(C(F)(F)C(F)(F)F)cc1=O. The van der Waals surface area contributed by atoms with E-state index in [2.05, 4.69) is 20.9 Å². The van der Waals surface area contributed by atoms with Crippen LogP contribution in [-0.4, -0.2) is 15.7 Å². The lowest BCUT2D eigenvalue weighted by atomic mass is 10.1. The van der Waals surface area contributed by atoms with Gasteiger partial charge in [0.05, 0.1) is 16.8 Å². The third kappa shape index (κ3) is 3.80. The molecule has 0 radical (unpaired) electrons.